The van der Waals surface area contributed by atoms with Crippen LogP contribution in [0.3, 0.4) is 0 Å². The molecular weight excluding hydrogens is 234 g/mol. The molecule has 0 fully saturated rings. The van der Waals surface area contributed by atoms with Crippen molar-refractivity contribution in [1.82, 2.24) is 0 Å². The fourth-order valence-electron chi connectivity index (χ4n) is 1.59. The highest BCUT2D eigenvalue weighted by Gasteiger charge is 2.12. The van der Waals surface area contributed by atoms with Crippen LogP contribution in [0, 0.1) is 17.0 Å². The molecule has 0 unspecified atom stereocenters. The maximum Gasteiger partial charge on any atom is 0.269 e. The summed E-state index contributed by atoms with van der Waals surface area (Å²) in [6.07, 6.45) is 0.172. The van der Waals surface area contributed by atoms with Crippen molar-refractivity contribution in [2.75, 3.05) is 0 Å². The summed E-state index contributed by atoms with van der Waals surface area (Å²) in [5, 5.41) is 10.5. The molecule has 1 aromatic carbocycles. The molecule has 18 heavy (non-hydrogen) atoms. The first-order valence-electron chi connectivity index (χ1n) is 5.39. The average molecular weight is 245 g/mol. The van der Waals surface area contributed by atoms with Gasteiger partial charge in [0, 0.05) is 18.6 Å². The molecule has 0 N–H and O–H groups in total. The SMILES string of the molecule is Cc1ccc(C(=O)Cc2ccc([N+](=O)[O-])cc2)o1. The summed E-state index contributed by atoms with van der Waals surface area (Å²) in [6, 6.07) is 9.27. The first-order chi connectivity index (χ1) is 8.56. The Hall–Kier alpha value is -2.43. The van der Waals surface area contributed by atoms with E-state index in [1.54, 1.807) is 31.2 Å². The highest BCUT2D eigenvalue weighted by Crippen LogP contribution is 2.15. The summed E-state index contributed by atoms with van der Waals surface area (Å²) in [5.41, 5.74) is 0.736. The molecule has 2 rings (SSSR count). The summed E-state index contributed by atoms with van der Waals surface area (Å²) in [5.74, 6) is 0.852. The van der Waals surface area contributed by atoms with Crippen LogP contribution in [0.15, 0.2) is 40.8 Å². The van der Waals surface area contributed by atoms with E-state index >= 15 is 0 Å². The van der Waals surface area contributed by atoms with Gasteiger partial charge in [-0.1, -0.05) is 12.1 Å². The highest BCUT2D eigenvalue weighted by molar-refractivity contribution is 5.95. The third-order valence-corrected chi connectivity index (χ3v) is 2.53. The first kappa shape index (κ1) is 12.0. The van der Waals surface area contributed by atoms with Crippen molar-refractivity contribution in [1.29, 1.82) is 0 Å². The van der Waals surface area contributed by atoms with E-state index in [0.29, 0.717) is 11.5 Å². The lowest BCUT2D eigenvalue weighted by atomic mass is 10.1. The molecule has 0 aliphatic carbocycles. The molecule has 5 nitrogen and oxygen atoms in total. The van der Waals surface area contributed by atoms with Gasteiger partial charge in [0.15, 0.2) is 5.76 Å². The zero-order valence-electron chi connectivity index (χ0n) is 9.75. The number of hydrogen-bond acceptors (Lipinski definition) is 4. The van der Waals surface area contributed by atoms with Crippen molar-refractivity contribution in [3.05, 3.63) is 63.6 Å². The molecule has 5 heteroatoms. The van der Waals surface area contributed by atoms with Gasteiger partial charge in [-0.2, -0.15) is 0 Å². The number of ketones is 1. The van der Waals surface area contributed by atoms with Gasteiger partial charge in [-0.05, 0) is 24.6 Å². The van der Waals surface area contributed by atoms with Crippen molar-refractivity contribution >= 4 is 11.5 Å². The smallest absolute Gasteiger partial charge is 0.269 e. The summed E-state index contributed by atoms with van der Waals surface area (Å²) in [4.78, 5) is 21.8. The molecule has 0 saturated carbocycles. The second-order valence-electron chi connectivity index (χ2n) is 3.93. The number of aryl methyl sites for hydroxylation is 1. The maximum atomic E-state index is 11.8. The van der Waals surface area contributed by atoms with Gasteiger partial charge in [-0.25, -0.2) is 0 Å². The zero-order valence-corrected chi connectivity index (χ0v) is 9.75. The molecule has 0 aliphatic rings. The molecule has 0 atom stereocenters. The van der Waals surface area contributed by atoms with Gasteiger partial charge in [-0.3, -0.25) is 14.9 Å². The topological polar surface area (TPSA) is 73.3 Å². The van der Waals surface area contributed by atoms with E-state index in [2.05, 4.69) is 0 Å². The lowest BCUT2D eigenvalue weighted by Crippen LogP contribution is -2.02. The summed E-state index contributed by atoms with van der Waals surface area (Å²) >= 11 is 0. The van der Waals surface area contributed by atoms with Crippen LogP contribution in [0.4, 0.5) is 5.69 Å². The predicted octanol–water partition coefficient (Wildman–Crippen LogP) is 2.92. The minimum absolute atomic E-state index is 0.0139. The third kappa shape index (κ3) is 2.63. The molecule has 0 bridgehead atoms. The van der Waals surface area contributed by atoms with Crippen LogP contribution in [0.2, 0.25) is 0 Å². The largest absolute Gasteiger partial charge is 0.458 e. The van der Waals surface area contributed by atoms with Gasteiger partial charge >= 0.3 is 0 Å². The standard InChI is InChI=1S/C13H11NO4/c1-9-2-7-13(18-9)12(15)8-10-3-5-11(6-4-10)14(16)17/h2-7H,8H2,1H3. The van der Waals surface area contributed by atoms with E-state index in [1.165, 1.54) is 12.1 Å². The Morgan fingerprint density at radius 2 is 1.89 bits per heavy atom. The Kier molecular flexibility index (Phi) is 3.23. The number of carbonyl (C=O) groups is 1. The van der Waals surface area contributed by atoms with Crippen LogP contribution in [-0.4, -0.2) is 10.7 Å². The Morgan fingerprint density at radius 1 is 1.22 bits per heavy atom. The van der Waals surface area contributed by atoms with Crippen LogP contribution in [0.25, 0.3) is 0 Å². The highest BCUT2D eigenvalue weighted by atomic mass is 16.6. The lowest BCUT2D eigenvalue weighted by Gasteiger charge is -1.98. The van der Waals surface area contributed by atoms with Crippen LogP contribution < -0.4 is 0 Å². The number of benzene rings is 1. The first-order valence-corrected chi connectivity index (χ1v) is 5.39. The lowest BCUT2D eigenvalue weighted by molar-refractivity contribution is -0.384. The number of rotatable bonds is 4. The van der Waals surface area contributed by atoms with E-state index in [-0.39, 0.29) is 17.9 Å². The van der Waals surface area contributed by atoms with E-state index < -0.39 is 4.92 Å². The van der Waals surface area contributed by atoms with Gasteiger partial charge in [0.2, 0.25) is 5.78 Å². The third-order valence-electron chi connectivity index (χ3n) is 2.53. The molecule has 1 aromatic heterocycles. The minimum Gasteiger partial charge on any atom is -0.458 e. The van der Waals surface area contributed by atoms with Gasteiger partial charge < -0.3 is 4.42 Å². The fourth-order valence-corrected chi connectivity index (χ4v) is 1.59. The predicted molar refractivity (Wildman–Crippen MR) is 64.6 cm³/mol. The Morgan fingerprint density at radius 3 is 2.39 bits per heavy atom. The number of non-ortho nitro benzene ring substituents is 1. The van der Waals surface area contributed by atoms with Gasteiger partial charge in [0.25, 0.3) is 5.69 Å². The summed E-state index contributed by atoms with van der Waals surface area (Å²) < 4.78 is 5.22. The molecule has 0 radical (unpaired) electrons. The van der Waals surface area contributed by atoms with Crippen LogP contribution >= 0.6 is 0 Å². The Balaban J connectivity index is 2.10. The second kappa shape index (κ2) is 4.83. The summed E-state index contributed by atoms with van der Waals surface area (Å²) in [6.45, 7) is 1.77. The number of nitro benzene ring substituents is 1. The molecule has 92 valence electrons. The normalized spacial score (nSPS) is 10.3. The Bertz CT molecular complexity index is 583. The van der Waals surface area contributed by atoms with Crippen molar-refractivity contribution in [2.24, 2.45) is 0 Å². The molecule has 1 heterocycles. The molecule has 2 aromatic rings. The second-order valence-corrected chi connectivity index (χ2v) is 3.93. The van der Waals surface area contributed by atoms with Crippen molar-refractivity contribution in [3.8, 4) is 0 Å². The van der Waals surface area contributed by atoms with E-state index in [0.717, 1.165) is 5.56 Å². The van der Waals surface area contributed by atoms with Crippen LogP contribution in [-0.2, 0) is 6.42 Å². The fraction of sp³-hybridized carbons (Fsp3) is 0.154. The number of Topliss-reactive ketones (excluding diaryl/α,β-unsaturated/α-hetero) is 1. The van der Waals surface area contributed by atoms with Crippen molar-refractivity contribution in [3.63, 3.8) is 0 Å². The number of nitro groups is 1. The molecule has 0 spiro atoms. The molecule has 0 aliphatic heterocycles. The van der Waals surface area contributed by atoms with Gasteiger partial charge in [0.05, 0.1) is 4.92 Å². The number of furan rings is 1. The number of carbonyl (C=O) groups excluding carboxylic acids is 1. The van der Waals surface area contributed by atoms with Crippen molar-refractivity contribution < 1.29 is 14.1 Å². The molecule has 0 saturated heterocycles. The van der Waals surface area contributed by atoms with Crippen LogP contribution in [0.1, 0.15) is 21.9 Å². The Labute approximate surface area is 103 Å². The molecule has 0 amide bonds. The van der Waals surface area contributed by atoms with Gasteiger partial charge in [-0.15, -0.1) is 0 Å². The monoisotopic (exact) mass is 245 g/mol. The minimum atomic E-state index is -0.471. The van der Waals surface area contributed by atoms with E-state index in [4.69, 9.17) is 4.42 Å². The van der Waals surface area contributed by atoms with Gasteiger partial charge in [0.1, 0.15) is 5.76 Å². The zero-order chi connectivity index (χ0) is 13.1. The quantitative estimate of drug-likeness (QED) is 0.471. The summed E-state index contributed by atoms with van der Waals surface area (Å²) in [7, 11) is 0. The number of nitrogens with zero attached hydrogens (tertiary/aromatic N) is 1. The maximum absolute atomic E-state index is 11.8. The van der Waals surface area contributed by atoms with E-state index in [1.807, 2.05) is 0 Å². The molecular formula is C13H11NO4. The average Bonchev–Trinajstić information content (AvgIpc) is 2.76. The van der Waals surface area contributed by atoms with E-state index in [9.17, 15) is 14.9 Å². The number of hydrogen-bond donors (Lipinski definition) is 0. The van der Waals surface area contributed by atoms with Crippen LogP contribution in [0.5, 0.6) is 0 Å². The van der Waals surface area contributed by atoms with Crippen molar-refractivity contribution in [2.45, 2.75) is 13.3 Å².